The fourth-order valence-corrected chi connectivity index (χ4v) is 4.12. The molecule has 0 radical (unpaired) electrons. The van der Waals surface area contributed by atoms with Crippen LogP contribution in [0.4, 0.5) is 23.0 Å². The van der Waals surface area contributed by atoms with E-state index >= 15 is 0 Å². The Hall–Kier alpha value is -4.17. The number of carbonyl (C=O) groups is 1. The van der Waals surface area contributed by atoms with Crippen molar-refractivity contribution in [3.63, 3.8) is 0 Å². The number of H-pyrrole nitrogens is 1. The van der Waals surface area contributed by atoms with Gasteiger partial charge in [0, 0.05) is 47.3 Å². The quantitative estimate of drug-likeness (QED) is 0.368. The molecule has 2 aromatic carbocycles. The summed E-state index contributed by atoms with van der Waals surface area (Å²) in [7, 11) is 0. The van der Waals surface area contributed by atoms with Gasteiger partial charge in [-0.3, -0.25) is 4.79 Å². The van der Waals surface area contributed by atoms with Crippen LogP contribution in [-0.2, 0) is 9.53 Å². The highest BCUT2D eigenvalue weighted by molar-refractivity contribution is 6.00. The summed E-state index contributed by atoms with van der Waals surface area (Å²) < 4.78 is 5.47. The Balaban J connectivity index is 1.50. The molecule has 5 rings (SSSR count). The number of hydrogen-bond donors (Lipinski definition) is 3. The highest BCUT2D eigenvalue weighted by atomic mass is 16.5. The largest absolute Gasteiger partial charge is 0.378 e. The van der Waals surface area contributed by atoms with Crippen LogP contribution in [0.1, 0.15) is 5.56 Å². The van der Waals surface area contributed by atoms with Gasteiger partial charge in [-0.15, -0.1) is 0 Å². The Morgan fingerprint density at radius 1 is 1.12 bits per heavy atom. The summed E-state index contributed by atoms with van der Waals surface area (Å²) in [5, 5.41) is 7.12. The highest BCUT2D eigenvalue weighted by Gasteiger charge is 2.16. The Labute approximate surface area is 197 Å². The van der Waals surface area contributed by atoms with Crippen molar-refractivity contribution in [3.8, 4) is 11.3 Å². The number of aromatic nitrogens is 3. The van der Waals surface area contributed by atoms with Crippen LogP contribution in [0.25, 0.3) is 22.3 Å². The van der Waals surface area contributed by atoms with Gasteiger partial charge in [-0.25, -0.2) is 4.98 Å². The summed E-state index contributed by atoms with van der Waals surface area (Å²) in [6.07, 6.45) is 3.17. The van der Waals surface area contributed by atoms with E-state index in [1.54, 1.807) is 0 Å². The molecule has 8 nitrogen and oxygen atoms in total. The number of hydrogen-bond acceptors (Lipinski definition) is 6. The van der Waals surface area contributed by atoms with Crippen LogP contribution < -0.4 is 15.5 Å². The number of nitrogens with zero attached hydrogens (tertiary/aromatic N) is 3. The number of carbonyl (C=O) groups excluding carboxylic acids is 1. The zero-order chi connectivity index (χ0) is 23.5. The number of aryl methyl sites for hydroxylation is 1. The summed E-state index contributed by atoms with van der Waals surface area (Å²) in [6, 6.07) is 15.8. The molecule has 3 heterocycles. The summed E-state index contributed by atoms with van der Waals surface area (Å²) in [6.45, 7) is 8.75. The lowest BCUT2D eigenvalue weighted by Crippen LogP contribution is -2.36. The SMILES string of the molecule is C=CC(=O)Nc1cccc(-c2nc(Nc3cccc(N4CCOCC4)c3)nc3[nH]cc(C)c23)c1. The first-order valence-electron chi connectivity index (χ1n) is 11.2. The third kappa shape index (κ3) is 4.49. The second-order valence-corrected chi connectivity index (χ2v) is 8.14. The molecule has 2 aromatic heterocycles. The van der Waals surface area contributed by atoms with Gasteiger partial charge in [-0.05, 0) is 48.9 Å². The second kappa shape index (κ2) is 9.36. The number of morpholine rings is 1. The number of rotatable bonds is 6. The molecule has 4 aromatic rings. The molecule has 8 heteroatoms. The summed E-state index contributed by atoms with van der Waals surface area (Å²) in [4.78, 5) is 26.9. The Bertz CT molecular complexity index is 1360. The number of nitrogens with one attached hydrogen (secondary N) is 3. The molecule has 0 atom stereocenters. The molecule has 1 aliphatic heterocycles. The van der Waals surface area contributed by atoms with E-state index in [0.717, 1.165) is 65.5 Å². The van der Waals surface area contributed by atoms with Crippen molar-refractivity contribution in [3.05, 3.63) is 72.9 Å². The van der Waals surface area contributed by atoms with E-state index < -0.39 is 0 Å². The van der Waals surface area contributed by atoms with E-state index in [9.17, 15) is 4.79 Å². The van der Waals surface area contributed by atoms with E-state index in [4.69, 9.17) is 14.7 Å². The first-order valence-corrected chi connectivity index (χ1v) is 11.2. The molecule has 3 N–H and O–H groups in total. The second-order valence-electron chi connectivity index (χ2n) is 8.14. The number of ether oxygens (including phenoxy) is 1. The van der Waals surface area contributed by atoms with Crippen molar-refractivity contribution in [1.82, 2.24) is 15.0 Å². The fourth-order valence-electron chi connectivity index (χ4n) is 4.12. The molecule has 34 heavy (non-hydrogen) atoms. The maximum Gasteiger partial charge on any atom is 0.247 e. The van der Waals surface area contributed by atoms with Gasteiger partial charge in [0.15, 0.2) is 0 Å². The van der Waals surface area contributed by atoms with E-state index in [-0.39, 0.29) is 5.91 Å². The third-order valence-electron chi connectivity index (χ3n) is 5.80. The summed E-state index contributed by atoms with van der Waals surface area (Å²) in [5.74, 6) is 0.231. The summed E-state index contributed by atoms with van der Waals surface area (Å²) >= 11 is 0. The van der Waals surface area contributed by atoms with Gasteiger partial charge >= 0.3 is 0 Å². The number of benzene rings is 2. The molecular formula is C26H26N6O2. The van der Waals surface area contributed by atoms with Crippen LogP contribution in [0.2, 0.25) is 0 Å². The van der Waals surface area contributed by atoms with Gasteiger partial charge in [-0.2, -0.15) is 4.98 Å². The topological polar surface area (TPSA) is 95.2 Å². The average molecular weight is 455 g/mol. The Kier molecular flexibility index (Phi) is 5.97. The zero-order valence-electron chi connectivity index (χ0n) is 19.0. The van der Waals surface area contributed by atoms with Gasteiger partial charge < -0.3 is 25.3 Å². The van der Waals surface area contributed by atoms with Gasteiger partial charge in [0.1, 0.15) is 5.65 Å². The van der Waals surface area contributed by atoms with Crippen molar-refractivity contribution in [1.29, 1.82) is 0 Å². The third-order valence-corrected chi connectivity index (χ3v) is 5.80. The molecule has 1 amide bonds. The highest BCUT2D eigenvalue weighted by Crippen LogP contribution is 2.32. The van der Waals surface area contributed by atoms with Crippen molar-refractivity contribution in [2.75, 3.05) is 41.8 Å². The minimum Gasteiger partial charge on any atom is -0.378 e. The zero-order valence-corrected chi connectivity index (χ0v) is 19.0. The Morgan fingerprint density at radius 2 is 1.91 bits per heavy atom. The van der Waals surface area contributed by atoms with Crippen molar-refractivity contribution >= 4 is 40.0 Å². The van der Waals surface area contributed by atoms with E-state index in [1.165, 1.54) is 6.08 Å². The molecule has 1 fully saturated rings. The molecule has 0 unspecified atom stereocenters. The van der Waals surface area contributed by atoms with Crippen molar-refractivity contribution in [2.24, 2.45) is 0 Å². The monoisotopic (exact) mass is 454 g/mol. The van der Waals surface area contributed by atoms with Gasteiger partial charge in [0.2, 0.25) is 11.9 Å². The molecule has 0 saturated carbocycles. The molecular weight excluding hydrogens is 428 g/mol. The van der Waals surface area contributed by atoms with E-state index in [2.05, 4.69) is 39.2 Å². The lowest BCUT2D eigenvalue weighted by Gasteiger charge is -2.29. The first kappa shape index (κ1) is 21.7. The van der Waals surface area contributed by atoms with Gasteiger partial charge in [0.25, 0.3) is 0 Å². The summed E-state index contributed by atoms with van der Waals surface area (Å²) in [5.41, 5.74) is 6.17. The fraction of sp³-hybridized carbons (Fsp3) is 0.192. The van der Waals surface area contributed by atoms with Crippen LogP contribution in [0, 0.1) is 6.92 Å². The molecule has 1 saturated heterocycles. The maximum atomic E-state index is 11.8. The molecule has 1 aliphatic rings. The predicted molar refractivity (Wildman–Crippen MR) is 136 cm³/mol. The van der Waals surface area contributed by atoms with E-state index in [0.29, 0.717) is 11.6 Å². The number of amides is 1. The molecule has 0 bridgehead atoms. The molecule has 0 aliphatic carbocycles. The van der Waals surface area contributed by atoms with Crippen LogP contribution in [-0.4, -0.2) is 47.2 Å². The normalized spacial score (nSPS) is 13.6. The number of anilines is 4. The average Bonchev–Trinajstić information content (AvgIpc) is 3.25. The van der Waals surface area contributed by atoms with Crippen LogP contribution >= 0.6 is 0 Å². The Morgan fingerprint density at radius 3 is 2.74 bits per heavy atom. The minimum atomic E-state index is -0.259. The van der Waals surface area contributed by atoms with E-state index in [1.807, 2.05) is 49.5 Å². The lowest BCUT2D eigenvalue weighted by atomic mass is 10.1. The van der Waals surface area contributed by atoms with Crippen LogP contribution in [0.3, 0.4) is 0 Å². The van der Waals surface area contributed by atoms with Crippen molar-refractivity contribution < 1.29 is 9.53 Å². The lowest BCUT2D eigenvalue weighted by molar-refractivity contribution is -0.111. The van der Waals surface area contributed by atoms with Crippen LogP contribution in [0.15, 0.2) is 67.4 Å². The van der Waals surface area contributed by atoms with Crippen molar-refractivity contribution in [2.45, 2.75) is 6.92 Å². The smallest absolute Gasteiger partial charge is 0.247 e. The van der Waals surface area contributed by atoms with Crippen LogP contribution in [0.5, 0.6) is 0 Å². The minimum absolute atomic E-state index is 0.259. The van der Waals surface area contributed by atoms with Gasteiger partial charge in [0.05, 0.1) is 18.9 Å². The number of fused-ring (bicyclic) bond motifs is 1. The standard InChI is InChI=1S/C26H26N6O2/c1-3-22(33)28-19-7-4-6-18(14-19)24-23-17(2)16-27-25(23)31-26(30-24)29-20-8-5-9-21(15-20)32-10-12-34-13-11-32/h3-9,14-16H,1,10-13H2,2H3,(H,28,33)(H2,27,29,30,31). The predicted octanol–water partition coefficient (Wildman–Crippen LogP) is 4.64. The molecule has 172 valence electrons. The van der Waals surface area contributed by atoms with Gasteiger partial charge in [-0.1, -0.05) is 24.8 Å². The number of aromatic amines is 1. The first-order chi connectivity index (χ1) is 16.6. The maximum absolute atomic E-state index is 11.8. The molecule has 0 spiro atoms.